The zero-order chi connectivity index (χ0) is 16.8. The molecular weight excluding hydrogens is 316 g/mol. The van der Waals surface area contributed by atoms with Crippen molar-refractivity contribution in [3.63, 3.8) is 0 Å². The van der Waals surface area contributed by atoms with E-state index in [0.717, 1.165) is 17.6 Å². The molecule has 0 spiro atoms. The number of fused-ring (bicyclic) bond motifs is 4. The van der Waals surface area contributed by atoms with Gasteiger partial charge in [-0.2, -0.15) is 14.6 Å². The van der Waals surface area contributed by atoms with Crippen LogP contribution < -0.4 is 5.56 Å². The quantitative estimate of drug-likeness (QED) is 0.577. The molecule has 0 aliphatic carbocycles. The summed E-state index contributed by atoms with van der Waals surface area (Å²) in [5, 5.41) is 4.67. The number of hydrogen-bond acceptors (Lipinski definition) is 5. The van der Waals surface area contributed by atoms with Crippen molar-refractivity contribution in [3.8, 4) is 0 Å². The molecule has 0 saturated carbocycles. The van der Waals surface area contributed by atoms with Gasteiger partial charge in [-0.3, -0.25) is 9.79 Å². The van der Waals surface area contributed by atoms with Crippen molar-refractivity contribution in [2.24, 2.45) is 4.99 Å². The first-order valence-electron chi connectivity index (χ1n) is 8.12. The lowest BCUT2D eigenvalue weighted by atomic mass is 9.98. The van der Waals surface area contributed by atoms with Crippen LogP contribution in [0.4, 0.5) is 5.69 Å². The number of aryl methyl sites for hydroxylation is 1. The van der Waals surface area contributed by atoms with Gasteiger partial charge in [-0.15, -0.1) is 0 Å². The highest BCUT2D eigenvalue weighted by Crippen LogP contribution is 2.33. The summed E-state index contributed by atoms with van der Waals surface area (Å²) < 4.78 is 3.31. The zero-order valence-corrected chi connectivity index (χ0v) is 13.3. The molecule has 0 bridgehead atoms. The van der Waals surface area contributed by atoms with Crippen LogP contribution in [0.1, 0.15) is 17.9 Å². The summed E-state index contributed by atoms with van der Waals surface area (Å²) in [5.74, 6) is 0.734. The van der Waals surface area contributed by atoms with Crippen LogP contribution in [0.3, 0.4) is 0 Å². The molecule has 1 aliphatic heterocycles. The van der Waals surface area contributed by atoms with Crippen molar-refractivity contribution >= 4 is 28.6 Å². The second-order valence-electron chi connectivity index (χ2n) is 6.08. The van der Waals surface area contributed by atoms with Gasteiger partial charge < -0.3 is 4.57 Å². The summed E-state index contributed by atoms with van der Waals surface area (Å²) in [6.45, 7) is 0.620. The standard InChI is InChI=1S/C18H14N6O/c25-17-14-10-20-18-21-11-22-24(18)16(14)6-8-23(17)7-5-12-9-19-15-4-2-1-3-13(12)15/h1-4,6,8-12H,5,7H2/t12-/m1/s1. The molecule has 0 radical (unpaired) electrons. The Morgan fingerprint density at radius 1 is 1.12 bits per heavy atom. The molecule has 4 aromatic rings. The first-order valence-corrected chi connectivity index (χ1v) is 8.12. The van der Waals surface area contributed by atoms with Crippen LogP contribution >= 0.6 is 0 Å². The molecule has 3 aromatic heterocycles. The van der Waals surface area contributed by atoms with E-state index in [4.69, 9.17) is 0 Å². The molecule has 0 unspecified atom stereocenters. The lowest BCUT2D eigenvalue weighted by Gasteiger charge is -2.11. The molecule has 0 amide bonds. The van der Waals surface area contributed by atoms with Gasteiger partial charge in [0.25, 0.3) is 11.3 Å². The fourth-order valence-corrected chi connectivity index (χ4v) is 3.36. The van der Waals surface area contributed by atoms with Crippen molar-refractivity contribution < 1.29 is 0 Å². The maximum atomic E-state index is 12.8. The van der Waals surface area contributed by atoms with Crippen molar-refractivity contribution in [1.82, 2.24) is 24.1 Å². The topological polar surface area (TPSA) is 77.4 Å². The van der Waals surface area contributed by atoms with E-state index < -0.39 is 0 Å². The van der Waals surface area contributed by atoms with E-state index in [1.165, 1.54) is 11.9 Å². The highest BCUT2D eigenvalue weighted by molar-refractivity contribution is 5.80. The SMILES string of the molecule is O=c1c2cnc3ncnn3c2ccn1CC[C@@H]1C=Nc2ccccc21. The van der Waals surface area contributed by atoms with E-state index in [-0.39, 0.29) is 11.5 Å². The number of nitrogens with zero attached hydrogens (tertiary/aromatic N) is 6. The number of para-hydroxylation sites is 1. The maximum absolute atomic E-state index is 12.8. The maximum Gasteiger partial charge on any atom is 0.261 e. The molecule has 25 heavy (non-hydrogen) atoms. The van der Waals surface area contributed by atoms with E-state index in [0.29, 0.717) is 17.7 Å². The number of benzene rings is 1. The monoisotopic (exact) mass is 330 g/mol. The fraction of sp³-hybridized carbons (Fsp3) is 0.167. The predicted octanol–water partition coefficient (Wildman–Crippen LogP) is 2.33. The van der Waals surface area contributed by atoms with E-state index in [9.17, 15) is 4.79 Å². The van der Waals surface area contributed by atoms with Gasteiger partial charge in [-0.05, 0) is 24.1 Å². The van der Waals surface area contributed by atoms with Gasteiger partial charge in [0.05, 0.1) is 16.6 Å². The van der Waals surface area contributed by atoms with Gasteiger partial charge in [0.1, 0.15) is 6.33 Å². The number of hydrogen-bond donors (Lipinski definition) is 0. The van der Waals surface area contributed by atoms with Crippen LogP contribution in [-0.4, -0.2) is 30.4 Å². The summed E-state index contributed by atoms with van der Waals surface area (Å²) in [4.78, 5) is 25.5. The molecule has 1 atom stereocenters. The summed E-state index contributed by atoms with van der Waals surface area (Å²) in [5.41, 5.74) is 2.90. The van der Waals surface area contributed by atoms with Crippen LogP contribution in [0.2, 0.25) is 0 Å². The highest BCUT2D eigenvalue weighted by atomic mass is 16.1. The number of rotatable bonds is 3. The molecule has 5 rings (SSSR count). The minimum atomic E-state index is -0.0642. The summed E-state index contributed by atoms with van der Waals surface area (Å²) >= 11 is 0. The number of aromatic nitrogens is 5. The van der Waals surface area contributed by atoms with Crippen molar-refractivity contribution in [2.75, 3.05) is 0 Å². The molecule has 7 heteroatoms. The lowest BCUT2D eigenvalue weighted by molar-refractivity contribution is 0.612. The van der Waals surface area contributed by atoms with Crippen LogP contribution in [0.5, 0.6) is 0 Å². The van der Waals surface area contributed by atoms with Crippen LogP contribution in [-0.2, 0) is 6.54 Å². The minimum Gasteiger partial charge on any atom is -0.315 e. The molecule has 0 saturated heterocycles. The first kappa shape index (κ1) is 14.0. The Morgan fingerprint density at radius 3 is 3.00 bits per heavy atom. The number of aliphatic imine (C=N–C) groups is 1. The Kier molecular flexibility index (Phi) is 3.00. The number of pyridine rings is 1. The predicted molar refractivity (Wildman–Crippen MR) is 94.5 cm³/mol. The van der Waals surface area contributed by atoms with Crippen molar-refractivity contribution in [1.29, 1.82) is 0 Å². The molecule has 0 N–H and O–H groups in total. The van der Waals surface area contributed by atoms with Gasteiger partial charge in [0.2, 0.25) is 0 Å². The second kappa shape index (κ2) is 5.34. The van der Waals surface area contributed by atoms with Gasteiger partial charge >= 0.3 is 0 Å². The largest absolute Gasteiger partial charge is 0.315 e. The minimum absolute atomic E-state index is 0.0642. The molecule has 1 aliphatic rings. The smallest absolute Gasteiger partial charge is 0.261 e. The average Bonchev–Trinajstić information content (AvgIpc) is 3.28. The Balaban J connectivity index is 1.48. The molecule has 4 heterocycles. The molecule has 7 nitrogen and oxygen atoms in total. The lowest BCUT2D eigenvalue weighted by Crippen LogP contribution is -2.21. The van der Waals surface area contributed by atoms with Gasteiger partial charge in [0.15, 0.2) is 0 Å². The first-order chi connectivity index (χ1) is 12.3. The average molecular weight is 330 g/mol. The summed E-state index contributed by atoms with van der Waals surface area (Å²) in [6.07, 6.45) is 7.61. The Morgan fingerprint density at radius 2 is 2.04 bits per heavy atom. The van der Waals surface area contributed by atoms with Crippen molar-refractivity contribution in [3.05, 3.63) is 65.0 Å². The van der Waals surface area contributed by atoms with E-state index >= 15 is 0 Å². The van der Waals surface area contributed by atoms with Gasteiger partial charge in [0, 0.05) is 31.1 Å². The fourth-order valence-electron chi connectivity index (χ4n) is 3.36. The molecule has 1 aromatic carbocycles. The van der Waals surface area contributed by atoms with Crippen LogP contribution in [0, 0.1) is 0 Å². The van der Waals surface area contributed by atoms with E-state index in [1.807, 2.05) is 36.7 Å². The second-order valence-corrected chi connectivity index (χ2v) is 6.08. The Labute approximate surface area is 142 Å². The van der Waals surface area contributed by atoms with Crippen LogP contribution in [0.15, 0.2) is 58.8 Å². The Hall–Kier alpha value is -3.35. The van der Waals surface area contributed by atoms with Crippen LogP contribution in [0.25, 0.3) is 16.7 Å². The van der Waals surface area contributed by atoms with Gasteiger partial charge in [-0.25, -0.2) is 4.98 Å². The van der Waals surface area contributed by atoms with E-state index in [1.54, 1.807) is 15.3 Å². The molecule has 0 fully saturated rings. The Bertz CT molecular complexity index is 1190. The third kappa shape index (κ3) is 2.16. The van der Waals surface area contributed by atoms with E-state index in [2.05, 4.69) is 26.1 Å². The zero-order valence-electron chi connectivity index (χ0n) is 13.3. The normalized spacial score (nSPS) is 15.9. The third-order valence-corrected chi connectivity index (χ3v) is 4.66. The van der Waals surface area contributed by atoms with Gasteiger partial charge in [-0.1, -0.05) is 18.2 Å². The summed E-state index contributed by atoms with van der Waals surface area (Å²) in [6, 6.07) is 10.0. The third-order valence-electron chi connectivity index (χ3n) is 4.66. The summed E-state index contributed by atoms with van der Waals surface area (Å²) in [7, 11) is 0. The highest BCUT2D eigenvalue weighted by Gasteiger charge is 2.18. The molecule has 122 valence electrons. The molecular formula is C18H14N6O. The van der Waals surface area contributed by atoms with Crippen molar-refractivity contribution in [2.45, 2.75) is 18.9 Å².